The molecular formula is C26H24ClNO3. The van der Waals surface area contributed by atoms with Gasteiger partial charge in [-0.1, -0.05) is 41.9 Å². The largest absolute Gasteiger partial charge is 0.497 e. The molecule has 1 atom stereocenters. The number of aryl methyl sites for hydroxylation is 1. The number of fused-ring (bicyclic) bond motifs is 1. The number of carbonyl (C=O) groups excluding carboxylic acids is 1. The summed E-state index contributed by atoms with van der Waals surface area (Å²) in [5, 5.41) is 3.33. The number of nitrogens with one attached hydrogen (secondary N) is 1. The molecular weight excluding hydrogens is 410 g/mol. The van der Waals surface area contributed by atoms with Crippen molar-refractivity contribution < 1.29 is 14.3 Å². The maximum atomic E-state index is 12.5. The van der Waals surface area contributed by atoms with Gasteiger partial charge in [-0.2, -0.15) is 0 Å². The van der Waals surface area contributed by atoms with Gasteiger partial charge in [0, 0.05) is 11.3 Å². The van der Waals surface area contributed by atoms with E-state index in [0.29, 0.717) is 16.3 Å². The van der Waals surface area contributed by atoms with Crippen molar-refractivity contribution in [3.8, 4) is 11.5 Å². The van der Waals surface area contributed by atoms with E-state index in [2.05, 4.69) is 36.5 Å². The van der Waals surface area contributed by atoms with Crippen molar-refractivity contribution in [2.75, 3.05) is 12.4 Å². The average molecular weight is 434 g/mol. The highest BCUT2D eigenvalue weighted by atomic mass is 35.5. The number of halogens is 1. The number of amides is 1. The Morgan fingerprint density at radius 3 is 2.61 bits per heavy atom. The molecule has 1 heterocycles. The molecule has 0 fully saturated rings. The first-order chi connectivity index (χ1) is 15.0. The average Bonchev–Trinajstić information content (AvgIpc) is 2.78. The van der Waals surface area contributed by atoms with Gasteiger partial charge < -0.3 is 14.8 Å². The molecule has 3 aromatic carbocycles. The number of ether oxygens (including phenoxy) is 2. The number of anilines is 1. The monoisotopic (exact) mass is 433 g/mol. The molecule has 0 aliphatic carbocycles. The van der Waals surface area contributed by atoms with E-state index in [1.165, 1.54) is 5.56 Å². The molecule has 0 saturated heterocycles. The summed E-state index contributed by atoms with van der Waals surface area (Å²) in [4.78, 5) is 12.5. The van der Waals surface area contributed by atoms with E-state index in [-0.39, 0.29) is 5.91 Å². The molecule has 4 nitrogen and oxygen atoms in total. The fourth-order valence-electron chi connectivity index (χ4n) is 3.56. The lowest BCUT2D eigenvalue weighted by Crippen LogP contribution is -2.32. The van der Waals surface area contributed by atoms with E-state index in [1.807, 2.05) is 30.3 Å². The van der Waals surface area contributed by atoms with E-state index in [9.17, 15) is 4.79 Å². The molecule has 0 saturated carbocycles. The van der Waals surface area contributed by atoms with Crippen LogP contribution in [0.2, 0.25) is 5.02 Å². The highest BCUT2D eigenvalue weighted by Gasteiger charge is 2.27. The fourth-order valence-corrected chi connectivity index (χ4v) is 3.79. The van der Waals surface area contributed by atoms with Gasteiger partial charge in [0.1, 0.15) is 17.1 Å². The summed E-state index contributed by atoms with van der Waals surface area (Å²) in [5.74, 6) is 1.42. The van der Waals surface area contributed by atoms with Crippen LogP contribution in [-0.4, -0.2) is 18.6 Å². The van der Waals surface area contributed by atoms with Crippen molar-refractivity contribution in [1.82, 2.24) is 0 Å². The quantitative estimate of drug-likeness (QED) is 0.489. The fraction of sp³-hybridized carbons (Fsp3) is 0.192. The number of hydrogen-bond donors (Lipinski definition) is 1. The first-order valence-corrected chi connectivity index (χ1v) is 10.5. The highest BCUT2D eigenvalue weighted by Crippen LogP contribution is 2.35. The molecule has 4 rings (SSSR count). The Labute approximate surface area is 187 Å². The second-order valence-corrected chi connectivity index (χ2v) is 8.19. The molecule has 1 N–H and O–H groups in total. The zero-order chi connectivity index (χ0) is 21.8. The number of benzene rings is 3. The van der Waals surface area contributed by atoms with Gasteiger partial charge in [0.15, 0.2) is 0 Å². The predicted molar refractivity (Wildman–Crippen MR) is 125 cm³/mol. The van der Waals surface area contributed by atoms with Crippen LogP contribution < -0.4 is 14.8 Å². The summed E-state index contributed by atoms with van der Waals surface area (Å²) in [5.41, 5.74) is 2.91. The van der Waals surface area contributed by atoms with Crippen LogP contribution in [0.5, 0.6) is 11.5 Å². The zero-order valence-corrected chi connectivity index (χ0v) is 18.3. The summed E-state index contributed by atoms with van der Waals surface area (Å²) in [6, 6.07) is 20.7. The van der Waals surface area contributed by atoms with Gasteiger partial charge in [0.25, 0.3) is 5.91 Å². The lowest BCUT2D eigenvalue weighted by Gasteiger charge is -2.32. The van der Waals surface area contributed by atoms with Gasteiger partial charge >= 0.3 is 0 Å². The van der Waals surface area contributed by atoms with Crippen LogP contribution >= 0.6 is 11.6 Å². The van der Waals surface area contributed by atoms with Crippen LogP contribution in [0, 0.1) is 0 Å². The molecule has 5 heteroatoms. The molecule has 1 aliphatic rings. The van der Waals surface area contributed by atoms with Gasteiger partial charge in [-0.25, -0.2) is 0 Å². The predicted octanol–water partition coefficient (Wildman–Crippen LogP) is 6.40. The number of methoxy groups -OCH3 is 1. The van der Waals surface area contributed by atoms with Crippen LogP contribution in [0.4, 0.5) is 5.69 Å². The smallest absolute Gasteiger partial charge is 0.257 e. The van der Waals surface area contributed by atoms with E-state index in [0.717, 1.165) is 29.9 Å². The summed E-state index contributed by atoms with van der Waals surface area (Å²) in [6.07, 6.45) is 5.88. The lowest BCUT2D eigenvalue weighted by molar-refractivity contribution is 0.102. The Kier molecular flexibility index (Phi) is 6.01. The van der Waals surface area contributed by atoms with Crippen LogP contribution in [0.25, 0.3) is 6.08 Å². The summed E-state index contributed by atoms with van der Waals surface area (Å²) in [7, 11) is 1.67. The molecule has 1 aliphatic heterocycles. The second-order valence-electron chi connectivity index (χ2n) is 7.78. The van der Waals surface area contributed by atoms with Crippen molar-refractivity contribution >= 4 is 29.3 Å². The Hall–Kier alpha value is -3.24. The number of carbonyl (C=O) groups is 1. The van der Waals surface area contributed by atoms with Crippen molar-refractivity contribution in [3.05, 3.63) is 94.5 Å². The number of hydrogen-bond acceptors (Lipinski definition) is 3. The third kappa shape index (κ3) is 4.92. The van der Waals surface area contributed by atoms with Gasteiger partial charge in [-0.15, -0.1) is 0 Å². The maximum absolute atomic E-state index is 12.5. The molecule has 1 unspecified atom stereocenters. The van der Waals surface area contributed by atoms with E-state index >= 15 is 0 Å². The van der Waals surface area contributed by atoms with Crippen molar-refractivity contribution in [3.63, 3.8) is 0 Å². The molecule has 3 aromatic rings. The molecule has 31 heavy (non-hydrogen) atoms. The summed E-state index contributed by atoms with van der Waals surface area (Å²) >= 11 is 6.12. The minimum atomic E-state index is -0.394. The summed E-state index contributed by atoms with van der Waals surface area (Å²) in [6.45, 7) is 2.09. The zero-order valence-electron chi connectivity index (χ0n) is 17.5. The van der Waals surface area contributed by atoms with E-state index in [4.69, 9.17) is 21.1 Å². The molecule has 0 aromatic heterocycles. The van der Waals surface area contributed by atoms with Crippen molar-refractivity contribution in [2.45, 2.75) is 25.4 Å². The Balaban J connectivity index is 1.42. The standard InChI is InChI=1S/C26H24ClNO3/c1-26(15-13-18-7-10-21(30-2)11-8-18)16-14-19-17-20(9-12-24(19)31-26)28-25(29)22-5-3-4-6-23(22)27/h3-12,14,16-17H,13,15H2,1-2H3,(H,28,29). The van der Waals surface area contributed by atoms with Gasteiger partial charge in [0.05, 0.1) is 17.7 Å². The molecule has 0 bridgehead atoms. The summed E-state index contributed by atoms with van der Waals surface area (Å²) < 4.78 is 11.5. The van der Waals surface area contributed by atoms with E-state index < -0.39 is 5.60 Å². The first-order valence-electron chi connectivity index (χ1n) is 10.2. The second kappa shape index (κ2) is 8.86. The van der Waals surface area contributed by atoms with Crippen LogP contribution in [0.3, 0.4) is 0 Å². The minimum Gasteiger partial charge on any atom is -0.497 e. The maximum Gasteiger partial charge on any atom is 0.257 e. The molecule has 1 amide bonds. The number of rotatable bonds is 6. The molecule has 0 spiro atoms. The van der Waals surface area contributed by atoms with E-state index in [1.54, 1.807) is 31.4 Å². The van der Waals surface area contributed by atoms with Crippen LogP contribution in [0.1, 0.15) is 34.8 Å². The Bertz CT molecular complexity index is 1120. The van der Waals surface area contributed by atoms with Crippen LogP contribution in [0.15, 0.2) is 72.8 Å². The van der Waals surface area contributed by atoms with Crippen LogP contribution in [-0.2, 0) is 6.42 Å². The molecule has 0 radical (unpaired) electrons. The van der Waals surface area contributed by atoms with Gasteiger partial charge in [-0.3, -0.25) is 4.79 Å². The lowest BCUT2D eigenvalue weighted by atomic mass is 9.93. The Morgan fingerprint density at radius 2 is 1.87 bits per heavy atom. The van der Waals surface area contributed by atoms with Crippen molar-refractivity contribution in [1.29, 1.82) is 0 Å². The minimum absolute atomic E-state index is 0.240. The third-order valence-corrected chi connectivity index (χ3v) is 5.74. The topological polar surface area (TPSA) is 47.6 Å². The van der Waals surface area contributed by atoms with Gasteiger partial charge in [0.2, 0.25) is 0 Å². The SMILES string of the molecule is COc1ccc(CCC2(C)C=Cc3cc(NC(=O)c4ccccc4Cl)ccc3O2)cc1. The Morgan fingerprint density at radius 1 is 1.10 bits per heavy atom. The molecule has 158 valence electrons. The highest BCUT2D eigenvalue weighted by molar-refractivity contribution is 6.34. The first kappa shape index (κ1) is 21.0. The van der Waals surface area contributed by atoms with Crippen molar-refractivity contribution in [2.24, 2.45) is 0 Å². The third-order valence-electron chi connectivity index (χ3n) is 5.41. The van der Waals surface area contributed by atoms with Gasteiger partial charge in [-0.05, 0) is 73.9 Å². The normalized spacial score (nSPS) is 16.9.